The molecule has 9 heteroatoms. The standard InChI is InChI=1S/C25H36N4O5/c1-25(2,3)34-24(31)29-13-10-17(11-14-29)22-20(16-27-28(22)4)23(30)26-12-9-18-15-19(32-5)7-8-21(18)33-6/h7-8,15-17H,9-14H2,1-6H3,(H,26,30). The van der Waals surface area contributed by atoms with E-state index in [1.807, 2.05) is 46.0 Å². The molecule has 0 unspecified atom stereocenters. The van der Waals surface area contributed by atoms with Crippen LogP contribution in [0.1, 0.15) is 61.1 Å². The average molecular weight is 473 g/mol. The number of aromatic nitrogens is 2. The quantitative estimate of drug-likeness (QED) is 0.663. The summed E-state index contributed by atoms with van der Waals surface area (Å²) in [5.41, 5.74) is 1.93. The number of carbonyl (C=O) groups is 2. The van der Waals surface area contributed by atoms with Crippen molar-refractivity contribution in [3.8, 4) is 11.5 Å². The fourth-order valence-electron chi connectivity index (χ4n) is 4.25. The molecule has 0 atom stereocenters. The van der Waals surface area contributed by atoms with Gasteiger partial charge in [0.15, 0.2) is 0 Å². The molecule has 0 aliphatic carbocycles. The number of nitrogens with zero attached hydrogens (tertiary/aromatic N) is 3. The highest BCUT2D eigenvalue weighted by molar-refractivity contribution is 5.95. The first-order valence-electron chi connectivity index (χ1n) is 11.6. The number of ether oxygens (including phenoxy) is 3. The maximum Gasteiger partial charge on any atom is 0.410 e. The van der Waals surface area contributed by atoms with E-state index in [4.69, 9.17) is 14.2 Å². The second kappa shape index (κ2) is 10.8. The van der Waals surface area contributed by atoms with Gasteiger partial charge in [-0.25, -0.2) is 4.79 Å². The Morgan fingerprint density at radius 2 is 1.85 bits per heavy atom. The van der Waals surface area contributed by atoms with E-state index in [1.165, 1.54) is 0 Å². The number of amides is 2. The van der Waals surface area contributed by atoms with Crippen LogP contribution in [0.3, 0.4) is 0 Å². The number of likely N-dealkylation sites (tertiary alicyclic amines) is 1. The Balaban J connectivity index is 1.61. The van der Waals surface area contributed by atoms with Crippen LogP contribution in [0.15, 0.2) is 24.4 Å². The van der Waals surface area contributed by atoms with Gasteiger partial charge in [-0.05, 0) is 63.8 Å². The maximum atomic E-state index is 13.0. The Morgan fingerprint density at radius 1 is 1.15 bits per heavy atom. The van der Waals surface area contributed by atoms with E-state index in [2.05, 4.69) is 10.4 Å². The van der Waals surface area contributed by atoms with Gasteiger partial charge in [-0.2, -0.15) is 5.10 Å². The highest BCUT2D eigenvalue weighted by Crippen LogP contribution is 2.31. The minimum atomic E-state index is -0.518. The number of nitrogens with one attached hydrogen (secondary N) is 1. The molecule has 0 bridgehead atoms. The third kappa shape index (κ3) is 6.21. The molecule has 2 heterocycles. The normalized spacial score (nSPS) is 14.6. The number of benzene rings is 1. The summed E-state index contributed by atoms with van der Waals surface area (Å²) in [5, 5.41) is 7.35. The van der Waals surface area contributed by atoms with Gasteiger partial charge in [0, 0.05) is 32.6 Å². The average Bonchev–Trinajstić information content (AvgIpc) is 3.19. The van der Waals surface area contributed by atoms with Crippen molar-refractivity contribution in [1.82, 2.24) is 20.0 Å². The summed E-state index contributed by atoms with van der Waals surface area (Å²) in [5.74, 6) is 1.49. The number of hydrogen-bond donors (Lipinski definition) is 1. The van der Waals surface area contributed by atoms with Crippen LogP contribution in [0.2, 0.25) is 0 Å². The van der Waals surface area contributed by atoms with Gasteiger partial charge in [0.05, 0.1) is 31.7 Å². The first-order chi connectivity index (χ1) is 16.1. The Morgan fingerprint density at radius 3 is 2.47 bits per heavy atom. The summed E-state index contributed by atoms with van der Waals surface area (Å²) < 4.78 is 18.0. The van der Waals surface area contributed by atoms with Gasteiger partial charge in [-0.1, -0.05) is 0 Å². The van der Waals surface area contributed by atoms with Crippen molar-refractivity contribution in [2.24, 2.45) is 7.05 Å². The molecule has 0 saturated carbocycles. The van der Waals surface area contributed by atoms with E-state index in [0.717, 1.165) is 35.6 Å². The molecule has 2 amide bonds. The molecular formula is C25H36N4O5. The molecule has 1 aromatic carbocycles. The molecular weight excluding hydrogens is 436 g/mol. The molecule has 9 nitrogen and oxygen atoms in total. The van der Waals surface area contributed by atoms with E-state index in [-0.39, 0.29) is 17.9 Å². The zero-order valence-electron chi connectivity index (χ0n) is 21.0. The Kier molecular flexibility index (Phi) is 8.06. The number of piperidine rings is 1. The van der Waals surface area contributed by atoms with Gasteiger partial charge in [-0.15, -0.1) is 0 Å². The molecule has 0 radical (unpaired) electrons. The third-order valence-electron chi connectivity index (χ3n) is 5.93. The van der Waals surface area contributed by atoms with Crippen molar-refractivity contribution in [2.45, 2.75) is 51.6 Å². The molecule has 2 aromatic rings. The van der Waals surface area contributed by atoms with Crippen molar-refractivity contribution in [3.63, 3.8) is 0 Å². The molecule has 34 heavy (non-hydrogen) atoms. The predicted octanol–water partition coefficient (Wildman–Crippen LogP) is 3.52. The summed E-state index contributed by atoms with van der Waals surface area (Å²) >= 11 is 0. The molecule has 186 valence electrons. The molecule has 1 aliphatic rings. The molecule has 0 spiro atoms. The second-order valence-corrected chi connectivity index (χ2v) is 9.49. The Hall–Kier alpha value is -3.23. The van der Waals surface area contributed by atoms with Crippen molar-refractivity contribution >= 4 is 12.0 Å². The van der Waals surface area contributed by atoms with Gasteiger partial charge in [-0.3, -0.25) is 9.48 Å². The lowest BCUT2D eigenvalue weighted by molar-refractivity contribution is 0.0203. The maximum absolute atomic E-state index is 13.0. The fourth-order valence-corrected chi connectivity index (χ4v) is 4.25. The number of carbonyl (C=O) groups excluding carboxylic acids is 2. The lowest BCUT2D eigenvalue weighted by Gasteiger charge is -2.33. The van der Waals surface area contributed by atoms with Crippen molar-refractivity contribution in [1.29, 1.82) is 0 Å². The summed E-state index contributed by atoms with van der Waals surface area (Å²) in [6.07, 6.45) is 3.44. The highest BCUT2D eigenvalue weighted by Gasteiger charge is 2.31. The van der Waals surface area contributed by atoms with Gasteiger partial charge >= 0.3 is 6.09 Å². The molecule has 3 rings (SSSR count). The van der Waals surface area contributed by atoms with E-state index in [1.54, 1.807) is 30.0 Å². The Bertz CT molecular complexity index is 1000. The zero-order valence-corrected chi connectivity index (χ0v) is 21.0. The van der Waals surface area contributed by atoms with Crippen LogP contribution in [0.25, 0.3) is 0 Å². The first kappa shape index (κ1) is 25.4. The molecule has 1 saturated heterocycles. The molecule has 1 fully saturated rings. The number of methoxy groups -OCH3 is 2. The van der Waals surface area contributed by atoms with Crippen LogP contribution in [0, 0.1) is 0 Å². The minimum absolute atomic E-state index is 0.144. The minimum Gasteiger partial charge on any atom is -0.497 e. The van der Waals surface area contributed by atoms with Crippen LogP contribution >= 0.6 is 0 Å². The van der Waals surface area contributed by atoms with E-state index in [9.17, 15) is 9.59 Å². The lowest BCUT2D eigenvalue weighted by Crippen LogP contribution is -2.41. The van der Waals surface area contributed by atoms with E-state index in [0.29, 0.717) is 31.6 Å². The van der Waals surface area contributed by atoms with Gasteiger partial charge in [0.25, 0.3) is 5.91 Å². The third-order valence-corrected chi connectivity index (χ3v) is 5.93. The zero-order chi connectivity index (χ0) is 24.9. The highest BCUT2D eigenvalue weighted by atomic mass is 16.6. The SMILES string of the molecule is COc1ccc(OC)c(CCNC(=O)c2cnn(C)c2C2CCN(C(=O)OC(C)(C)C)CC2)c1. The summed E-state index contributed by atoms with van der Waals surface area (Å²) in [4.78, 5) is 27.1. The van der Waals surface area contributed by atoms with E-state index >= 15 is 0 Å². The second-order valence-electron chi connectivity index (χ2n) is 9.49. The summed E-state index contributed by atoms with van der Waals surface area (Å²) in [6.45, 7) is 7.21. The summed E-state index contributed by atoms with van der Waals surface area (Å²) in [6, 6.07) is 5.62. The van der Waals surface area contributed by atoms with Crippen LogP contribution in [0.5, 0.6) is 11.5 Å². The molecule has 1 aliphatic heterocycles. The van der Waals surface area contributed by atoms with E-state index < -0.39 is 5.60 Å². The summed E-state index contributed by atoms with van der Waals surface area (Å²) in [7, 11) is 5.10. The monoisotopic (exact) mass is 472 g/mol. The van der Waals surface area contributed by atoms with Gasteiger partial charge in [0.2, 0.25) is 0 Å². The predicted molar refractivity (Wildman–Crippen MR) is 129 cm³/mol. The van der Waals surface area contributed by atoms with Crippen molar-refractivity contribution in [2.75, 3.05) is 33.9 Å². The number of hydrogen-bond acceptors (Lipinski definition) is 6. The van der Waals surface area contributed by atoms with Crippen LogP contribution in [0.4, 0.5) is 4.79 Å². The smallest absolute Gasteiger partial charge is 0.410 e. The van der Waals surface area contributed by atoms with Crippen LogP contribution in [-0.2, 0) is 18.2 Å². The topological polar surface area (TPSA) is 94.9 Å². The van der Waals surface area contributed by atoms with Gasteiger partial charge < -0.3 is 24.4 Å². The van der Waals surface area contributed by atoms with Crippen LogP contribution in [-0.4, -0.2) is 66.1 Å². The first-order valence-corrected chi connectivity index (χ1v) is 11.6. The lowest BCUT2D eigenvalue weighted by atomic mass is 9.91. The number of rotatable bonds is 7. The molecule has 1 aromatic heterocycles. The molecule has 1 N–H and O–H groups in total. The fraction of sp³-hybridized carbons (Fsp3) is 0.560. The number of aryl methyl sites for hydroxylation is 1. The Labute approximate surface area is 201 Å². The van der Waals surface area contributed by atoms with Crippen molar-refractivity contribution in [3.05, 3.63) is 41.2 Å². The van der Waals surface area contributed by atoms with Gasteiger partial charge in [0.1, 0.15) is 17.1 Å². The van der Waals surface area contributed by atoms with Crippen LogP contribution < -0.4 is 14.8 Å². The largest absolute Gasteiger partial charge is 0.497 e. The van der Waals surface area contributed by atoms with Crippen molar-refractivity contribution < 1.29 is 23.8 Å².